The number of carbonyl (C=O) groups excluding carboxylic acids is 1. The molecule has 0 aromatic heterocycles. The molecule has 0 amide bonds. The lowest BCUT2D eigenvalue weighted by Gasteiger charge is -2.30. The standard InChI is InChI=1S/C17H23BrN2O/c1-12(17(21)13-3-5-14(18)6-4-13)20-10-9-15-7-8-16(11-20)19(15)2/h3-6,12,15-16H,7-11H2,1-2H3. The third kappa shape index (κ3) is 3.08. The van der Waals surface area contributed by atoms with E-state index >= 15 is 0 Å². The highest BCUT2D eigenvalue weighted by atomic mass is 79.9. The molecule has 0 N–H and O–H groups in total. The summed E-state index contributed by atoms with van der Waals surface area (Å²) in [4.78, 5) is 17.6. The molecule has 2 saturated heterocycles. The summed E-state index contributed by atoms with van der Waals surface area (Å²) in [5.74, 6) is 0.239. The van der Waals surface area contributed by atoms with Gasteiger partial charge in [0.2, 0.25) is 0 Å². The lowest BCUT2D eigenvalue weighted by Crippen LogP contribution is -2.44. The van der Waals surface area contributed by atoms with Crippen molar-refractivity contribution in [2.24, 2.45) is 0 Å². The minimum Gasteiger partial charge on any atom is -0.299 e. The number of hydrogen-bond acceptors (Lipinski definition) is 3. The van der Waals surface area contributed by atoms with Gasteiger partial charge < -0.3 is 0 Å². The van der Waals surface area contributed by atoms with Crippen molar-refractivity contribution in [2.75, 3.05) is 20.1 Å². The number of Topliss-reactive ketones (excluding diaryl/α,β-unsaturated/α-hetero) is 1. The molecule has 2 aliphatic rings. The molecule has 3 atom stereocenters. The fourth-order valence-electron chi connectivity index (χ4n) is 3.71. The quantitative estimate of drug-likeness (QED) is 0.782. The molecule has 4 heteroatoms. The van der Waals surface area contributed by atoms with Crippen molar-refractivity contribution in [2.45, 2.75) is 44.3 Å². The summed E-state index contributed by atoms with van der Waals surface area (Å²) in [5, 5.41) is 0. The van der Waals surface area contributed by atoms with Gasteiger partial charge in [-0.3, -0.25) is 14.6 Å². The Bertz CT molecular complexity index is 516. The summed E-state index contributed by atoms with van der Waals surface area (Å²) in [6, 6.07) is 9.03. The number of fused-ring (bicyclic) bond motifs is 2. The Morgan fingerprint density at radius 1 is 1.19 bits per heavy atom. The van der Waals surface area contributed by atoms with Crippen molar-refractivity contribution >= 4 is 21.7 Å². The molecule has 0 spiro atoms. The number of likely N-dealkylation sites (tertiary alicyclic amines) is 1. The topological polar surface area (TPSA) is 23.6 Å². The predicted molar refractivity (Wildman–Crippen MR) is 88.7 cm³/mol. The van der Waals surface area contributed by atoms with Gasteiger partial charge in [0.25, 0.3) is 0 Å². The van der Waals surface area contributed by atoms with Crippen LogP contribution in [0.15, 0.2) is 28.7 Å². The first-order valence-electron chi connectivity index (χ1n) is 7.82. The molecule has 2 heterocycles. The summed E-state index contributed by atoms with van der Waals surface area (Å²) in [6.07, 6.45) is 3.78. The Morgan fingerprint density at radius 3 is 2.57 bits per heavy atom. The van der Waals surface area contributed by atoms with Crippen LogP contribution in [-0.4, -0.2) is 53.8 Å². The van der Waals surface area contributed by atoms with Crippen molar-refractivity contribution in [3.05, 3.63) is 34.3 Å². The molecule has 3 unspecified atom stereocenters. The normalized spacial score (nSPS) is 28.3. The molecule has 1 aromatic carbocycles. The lowest BCUT2D eigenvalue weighted by molar-refractivity contribution is 0.0824. The zero-order chi connectivity index (χ0) is 15.0. The van der Waals surface area contributed by atoms with Crippen molar-refractivity contribution < 1.29 is 4.79 Å². The molecule has 2 bridgehead atoms. The third-order valence-electron chi connectivity index (χ3n) is 5.24. The van der Waals surface area contributed by atoms with Crippen LogP contribution in [0.1, 0.15) is 36.5 Å². The van der Waals surface area contributed by atoms with Crippen LogP contribution in [-0.2, 0) is 0 Å². The molecule has 0 saturated carbocycles. The third-order valence-corrected chi connectivity index (χ3v) is 5.76. The summed E-state index contributed by atoms with van der Waals surface area (Å²) >= 11 is 3.42. The van der Waals surface area contributed by atoms with E-state index in [-0.39, 0.29) is 11.8 Å². The Balaban J connectivity index is 1.71. The van der Waals surface area contributed by atoms with Crippen LogP contribution in [0.3, 0.4) is 0 Å². The van der Waals surface area contributed by atoms with Gasteiger partial charge in [-0.1, -0.05) is 28.1 Å². The highest BCUT2D eigenvalue weighted by molar-refractivity contribution is 9.10. The van der Waals surface area contributed by atoms with Gasteiger partial charge in [0, 0.05) is 35.2 Å². The number of benzene rings is 1. The maximum atomic E-state index is 12.7. The Morgan fingerprint density at radius 2 is 1.86 bits per heavy atom. The Kier molecular flexibility index (Phi) is 4.48. The smallest absolute Gasteiger partial charge is 0.179 e. The van der Waals surface area contributed by atoms with Gasteiger partial charge in [0.1, 0.15) is 0 Å². The molecule has 1 aromatic rings. The van der Waals surface area contributed by atoms with Gasteiger partial charge in [-0.05, 0) is 45.4 Å². The van der Waals surface area contributed by atoms with Crippen LogP contribution >= 0.6 is 15.9 Å². The largest absolute Gasteiger partial charge is 0.299 e. The molecule has 21 heavy (non-hydrogen) atoms. The van der Waals surface area contributed by atoms with E-state index in [1.807, 2.05) is 24.3 Å². The monoisotopic (exact) mass is 350 g/mol. The first-order chi connectivity index (χ1) is 10.1. The molecule has 0 aliphatic carbocycles. The lowest BCUT2D eigenvalue weighted by atomic mass is 10.0. The molecule has 2 aliphatic heterocycles. The molecule has 2 fully saturated rings. The van der Waals surface area contributed by atoms with Crippen LogP contribution in [0, 0.1) is 0 Å². The SMILES string of the molecule is CC(C(=O)c1ccc(Br)cc1)N1CCC2CCC(C1)N2C. The Labute approximate surface area is 135 Å². The number of halogens is 1. The van der Waals surface area contributed by atoms with Crippen LogP contribution in [0.5, 0.6) is 0 Å². The minimum atomic E-state index is -0.0288. The van der Waals surface area contributed by atoms with Crippen molar-refractivity contribution in [1.29, 1.82) is 0 Å². The van der Waals surface area contributed by atoms with E-state index in [0.29, 0.717) is 6.04 Å². The number of rotatable bonds is 3. The van der Waals surface area contributed by atoms with Gasteiger partial charge >= 0.3 is 0 Å². The van der Waals surface area contributed by atoms with Gasteiger partial charge in [0.15, 0.2) is 5.78 Å². The summed E-state index contributed by atoms with van der Waals surface area (Å²) in [5.41, 5.74) is 0.813. The second kappa shape index (κ2) is 6.19. The molecular formula is C17H23BrN2O. The first kappa shape index (κ1) is 15.2. The zero-order valence-corrected chi connectivity index (χ0v) is 14.3. The van der Waals surface area contributed by atoms with E-state index in [2.05, 4.69) is 39.7 Å². The average Bonchev–Trinajstić information content (AvgIpc) is 2.71. The fraction of sp³-hybridized carbons (Fsp3) is 0.588. The van der Waals surface area contributed by atoms with Crippen LogP contribution < -0.4 is 0 Å². The van der Waals surface area contributed by atoms with E-state index in [9.17, 15) is 4.79 Å². The highest BCUT2D eigenvalue weighted by Crippen LogP contribution is 2.29. The van der Waals surface area contributed by atoms with Gasteiger partial charge in [-0.25, -0.2) is 0 Å². The molecule has 0 radical (unpaired) electrons. The summed E-state index contributed by atoms with van der Waals surface area (Å²) in [7, 11) is 2.24. The van der Waals surface area contributed by atoms with Gasteiger partial charge in [-0.2, -0.15) is 0 Å². The summed E-state index contributed by atoms with van der Waals surface area (Å²) < 4.78 is 1.01. The number of hydrogen-bond donors (Lipinski definition) is 0. The molecule has 114 valence electrons. The van der Waals surface area contributed by atoms with E-state index in [1.54, 1.807) is 0 Å². The number of likely N-dealkylation sites (N-methyl/N-ethyl adjacent to an activating group) is 1. The van der Waals surface area contributed by atoms with Crippen LogP contribution in [0.25, 0.3) is 0 Å². The number of carbonyl (C=O) groups is 1. The van der Waals surface area contributed by atoms with Crippen LogP contribution in [0.4, 0.5) is 0 Å². The van der Waals surface area contributed by atoms with Crippen molar-refractivity contribution in [3.8, 4) is 0 Å². The maximum Gasteiger partial charge on any atom is 0.179 e. The second-order valence-corrected chi connectivity index (χ2v) is 7.30. The highest BCUT2D eigenvalue weighted by Gasteiger charge is 2.37. The van der Waals surface area contributed by atoms with E-state index in [0.717, 1.165) is 29.2 Å². The van der Waals surface area contributed by atoms with Crippen LogP contribution in [0.2, 0.25) is 0 Å². The molecular weight excluding hydrogens is 328 g/mol. The maximum absolute atomic E-state index is 12.7. The summed E-state index contributed by atoms with van der Waals surface area (Å²) in [6.45, 7) is 4.12. The predicted octanol–water partition coefficient (Wildman–Crippen LogP) is 3.19. The van der Waals surface area contributed by atoms with Crippen molar-refractivity contribution in [1.82, 2.24) is 9.80 Å². The fourth-order valence-corrected chi connectivity index (χ4v) is 3.97. The number of nitrogens with zero attached hydrogens (tertiary/aromatic N) is 2. The number of ketones is 1. The molecule has 3 nitrogen and oxygen atoms in total. The average molecular weight is 351 g/mol. The van der Waals surface area contributed by atoms with E-state index < -0.39 is 0 Å². The van der Waals surface area contributed by atoms with Gasteiger partial charge in [-0.15, -0.1) is 0 Å². The molecule has 3 rings (SSSR count). The van der Waals surface area contributed by atoms with Crippen molar-refractivity contribution in [3.63, 3.8) is 0 Å². The minimum absolute atomic E-state index is 0.0288. The van der Waals surface area contributed by atoms with E-state index in [1.165, 1.54) is 19.3 Å². The van der Waals surface area contributed by atoms with Gasteiger partial charge in [0.05, 0.1) is 6.04 Å². The van der Waals surface area contributed by atoms with E-state index in [4.69, 9.17) is 0 Å². The first-order valence-corrected chi connectivity index (χ1v) is 8.61. The zero-order valence-electron chi connectivity index (χ0n) is 12.8. The Hall–Kier alpha value is -0.710. The second-order valence-electron chi connectivity index (χ2n) is 6.38.